The molecule has 1 aliphatic rings. The Balaban J connectivity index is 1.26. The highest BCUT2D eigenvalue weighted by Crippen LogP contribution is 2.30. The van der Waals surface area contributed by atoms with Gasteiger partial charge in [-0.05, 0) is 93.7 Å². The summed E-state index contributed by atoms with van der Waals surface area (Å²) in [5.74, 6) is 0.666. The molecule has 4 aromatic rings. The molecule has 0 radical (unpaired) electrons. The quantitative estimate of drug-likeness (QED) is 0.333. The van der Waals surface area contributed by atoms with Crippen LogP contribution in [0.25, 0.3) is 10.4 Å². The molecule has 2 aromatic heterocycles. The van der Waals surface area contributed by atoms with E-state index in [0.29, 0.717) is 12.1 Å². The van der Waals surface area contributed by atoms with Crippen LogP contribution >= 0.6 is 11.3 Å². The number of ether oxygens (including phenoxy) is 1. The topological polar surface area (TPSA) is 81.1 Å². The largest absolute Gasteiger partial charge is 0.490 e. The molecule has 192 valence electrons. The Bertz CT molecular complexity index is 1370. The van der Waals surface area contributed by atoms with E-state index in [9.17, 15) is 4.79 Å². The van der Waals surface area contributed by atoms with Crippen molar-refractivity contribution in [2.75, 3.05) is 13.1 Å². The van der Waals surface area contributed by atoms with Gasteiger partial charge in [0.25, 0.3) is 5.91 Å². The number of amides is 1. The minimum absolute atomic E-state index is 0.0901. The van der Waals surface area contributed by atoms with Gasteiger partial charge in [0, 0.05) is 21.5 Å². The fraction of sp³-hybridized carbons (Fsp3) is 0.345. The van der Waals surface area contributed by atoms with Crippen LogP contribution in [0.1, 0.15) is 57.9 Å². The summed E-state index contributed by atoms with van der Waals surface area (Å²) in [7, 11) is 0. The van der Waals surface area contributed by atoms with Crippen molar-refractivity contribution in [2.24, 2.45) is 0 Å². The van der Waals surface area contributed by atoms with Crippen molar-refractivity contribution in [2.45, 2.75) is 52.3 Å². The highest BCUT2D eigenvalue weighted by Gasteiger charge is 2.18. The van der Waals surface area contributed by atoms with E-state index < -0.39 is 0 Å². The third-order valence-corrected chi connectivity index (χ3v) is 7.81. The summed E-state index contributed by atoms with van der Waals surface area (Å²) in [6, 6.07) is 18.3. The Morgan fingerprint density at radius 2 is 2.00 bits per heavy atom. The lowest BCUT2D eigenvalue weighted by Crippen LogP contribution is -2.34. The number of nitrogens with zero attached hydrogens (tertiary/aromatic N) is 3. The second-order valence-corrected chi connectivity index (χ2v) is 10.9. The zero-order valence-corrected chi connectivity index (χ0v) is 22.3. The van der Waals surface area contributed by atoms with E-state index in [2.05, 4.69) is 51.3 Å². The molecule has 0 spiro atoms. The molecule has 3 heterocycles. The first-order chi connectivity index (χ1) is 17.9. The third-order valence-electron chi connectivity index (χ3n) is 6.69. The van der Waals surface area contributed by atoms with Crippen molar-refractivity contribution in [1.82, 2.24) is 25.6 Å². The SMILES string of the molecule is Cc1cn(Cc2ccc(-c3cccc(C(C)NC(=O)c4cc(OC5CCNCC5)ccc4C)c3)s2)nn1. The molecule has 0 bridgehead atoms. The Labute approximate surface area is 221 Å². The summed E-state index contributed by atoms with van der Waals surface area (Å²) >= 11 is 1.75. The number of carbonyl (C=O) groups is 1. The van der Waals surface area contributed by atoms with E-state index in [1.807, 2.05) is 55.9 Å². The summed E-state index contributed by atoms with van der Waals surface area (Å²) in [4.78, 5) is 15.6. The van der Waals surface area contributed by atoms with Crippen molar-refractivity contribution in [3.8, 4) is 16.2 Å². The van der Waals surface area contributed by atoms with Crippen LogP contribution in [0.15, 0.2) is 60.8 Å². The molecule has 0 saturated carbocycles. The zero-order valence-electron chi connectivity index (χ0n) is 21.5. The van der Waals surface area contributed by atoms with Crippen molar-refractivity contribution < 1.29 is 9.53 Å². The van der Waals surface area contributed by atoms with Crippen molar-refractivity contribution >= 4 is 17.2 Å². The van der Waals surface area contributed by atoms with Crippen LogP contribution in [-0.4, -0.2) is 40.1 Å². The van der Waals surface area contributed by atoms with Gasteiger partial charge < -0.3 is 15.4 Å². The first kappa shape index (κ1) is 25.2. The van der Waals surface area contributed by atoms with Crippen LogP contribution in [0, 0.1) is 13.8 Å². The molecule has 5 rings (SSSR count). The summed E-state index contributed by atoms with van der Waals surface area (Å²) in [6.07, 6.45) is 4.10. The number of aromatic nitrogens is 3. The highest BCUT2D eigenvalue weighted by atomic mass is 32.1. The molecule has 1 aliphatic heterocycles. The first-order valence-corrected chi connectivity index (χ1v) is 13.6. The Morgan fingerprint density at radius 1 is 1.16 bits per heavy atom. The number of hydrogen-bond acceptors (Lipinski definition) is 6. The predicted octanol–water partition coefficient (Wildman–Crippen LogP) is 5.29. The van der Waals surface area contributed by atoms with E-state index in [4.69, 9.17) is 4.74 Å². The lowest BCUT2D eigenvalue weighted by atomic mass is 10.0. The second kappa shape index (κ2) is 11.3. The number of rotatable bonds is 8. The van der Waals surface area contributed by atoms with Gasteiger partial charge in [-0.25, -0.2) is 4.68 Å². The fourth-order valence-electron chi connectivity index (χ4n) is 4.59. The van der Waals surface area contributed by atoms with Crippen LogP contribution in [-0.2, 0) is 6.54 Å². The smallest absolute Gasteiger partial charge is 0.252 e. The van der Waals surface area contributed by atoms with Gasteiger partial charge in [-0.2, -0.15) is 0 Å². The molecule has 2 N–H and O–H groups in total. The predicted molar refractivity (Wildman–Crippen MR) is 147 cm³/mol. The average Bonchev–Trinajstić information content (AvgIpc) is 3.54. The van der Waals surface area contributed by atoms with Gasteiger partial charge in [-0.3, -0.25) is 4.79 Å². The molecule has 37 heavy (non-hydrogen) atoms. The maximum absolute atomic E-state index is 13.2. The van der Waals surface area contributed by atoms with Crippen LogP contribution < -0.4 is 15.4 Å². The molecular weight excluding hydrogens is 482 g/mol. The summed E-state index contributed by atoms with van der Waals surface area (Å²) in [5, 5.41) is 14.7. The van der Waals surface area contributed by atoms with Crippen LogP contribution in [0.3, 0.4) is 0 Å². The fourth-order valence-corrected chi connectivity index (χ4v) is 5.59. The van der Waals surface area contributed by atoms with Crippen molar-refractivity contribution in [3.05, 3.63) is 88.1 Å². The van der Waals surface area contributed by atoms with Gasteiger partial charge >= 0.3 is 0 Å². The number of hydrogen-bond donors (Lipinski definition) is 2. The molecule has 8 heteroatoms. The highest BCUT2D eigenvalue weighted by molar-refractivity contribution is 7.15. The molecule has 2 aromatic carbocycles. The van der Waals surface area contributed by atoms with Gasteiger partial charge in [0.15, 0.2) is 0 Å². The molecule has 1 fully saturated rings. The Morgan fingerprint density at radius 3 is 2.78 bits per heavy atom. The second-order valence-electron chi connectivity index (χ2n) is 9.69. The summed E-state index contributed by atoms with van der Waals surface area (Å²) in [5.41, 5.74) is 4.70. The van der Waals surface area contributed by atoms with Crippen molar-refractivity contribution in [3.63, 3.8) is 0 Å². The molecule has 1 amide bonds. The van der Waals surface area contributed by atoms with Gasteiger partial charge in [0.05, 0.1) is 18.3 Å². The molecule has 1 atom stereocenters. The average molecular weight is 516 g/mol. The van der Waals surface area contributed by atoms with Gasteiger partial charge in [0.1, 0.15) is 11.9 Å². The van der Waals surface area contributed by atoms with Gasteiger partial charge in [0.2, 0.25) is 0 Å². The standard InChI is InChI=1S/C29H33N5O2S/c1-19-7-8-25(36-24-11-13-30-14-12-24)16-27(19)29(35)31-21(3)22-5-4-6-23(15-22)28-10-9-26(37-28)18-34-17-20(2)32-33-34/h4-10,15-17,21,24,30H,11-14,18H2,1-3H3,(H,31,35). The molecule has 7 nitrogen and oxygen atoms in total. The lowest BCUT2D eigenvalue weighted by molar-refractivity contribution is 0.0938. The summed E-state index contributed by atoms with van der Waals surface area (Å²) in [6.45, 7) is 8.56. The number of carbonyl (C=O) groups excluding carboxylic acids is 1. The number of thiophene rings is 1. The monoisotopic (exact) mass is 515 g/mol. The maximum atomic E-state index is 13.2. The molecule has 0 aliphatic carbocycles. The van der Waals surface area contributed by atoms with E-state index in [0.717, 1.165) is 54.1 Å². The van der Waals surface area contributed by atoms with Gasteiger partial charge in [-0.1, -0.05) is 29.5 Å². The number of aryl methyl sites for hydroxylation is 2. The van der Waals surface area contributed by atoms with E-state index >= 15 is 0 Å². The number of piperidine rings is 1. The normalized spacial score (nSPS) is 14.9. The molecule has 1 saturated heterocycles. The Kier molecular flexibility index (Phi) is 7.67. The third kappa shape index (κ3) is 6.26. The Hall–Kier alpha value is -3.49. The van der Waals surface area contributed by atoms with E-state index in [-0.39, 0.29) is 18.1 Å². The van der Waals surface area contributed by atoms with Crippen LogP contribution in [0.4, 0.5) is 0 Å². The van der Waals surface area contributed by atoms with Crippen LogP contribution in [0.5, 0.6) is 5.75 Å². The van der Waals surface area contributed by atoms with Gasteiger partial charge in [-0.15, -0.1) is 16.4 Å². The lowest BCUT2D eigenvalue weighted by Gasteiger charge is -2.24. The minimum atomic E-state index is -0.140. The van der Waals surface area contributed by atoms with E-state index in [1.54, 1.807) is 11.3 Å². The zero-order chi connectivity index (χ0) is 25.8. The minimum Gasteiger partial charge on any atom is -0.490 e. The maximum Gasteiger partial charge on any atom is 0.252 e. The number of benzene rings is 2. The van der Waals surface area contributed by atoms with Crippen molar-refractivity contribution in [1.29, 1.82) is 0 Å². The van der Waals surface area contributed by atoms with Crippen LogP contribution in [0.2, 0.25) is 0 Å². The first-order valence-electron chi connectivity index (χ1n) is 12.8. The molecular formula is C29H33N5O2S. The molecule has 1 unspecified atom stereocenters. The summed E-state index contributed by atoms with van der Waals surface area (Å²) < 4.78 is 8.02. The van der Waals surface area contributed by atoms with E-state index in [1.165, 1.54) is 9.75 Å². The number of nitrogens with one attached hydrogen (secondary N) is 2.